The van der Waals surface area contributed by atoms with Gasteiger partial charge in [-0.15, -0.1) is 10.2 Å². The second-order valence-corrected chi connectivity index (χ2v) is 4.98. The number of aryl methyl sites for hydroxylation is 2. The van der Waals surface area contributed by atoms with Gasteiger partial charge in [-0.3, -0.25) is 0 Å². The molecule has 0 unspecified atom stereocenters. The minimum atomic E-state index is 0.392. The van der Waals surface area contributed by atoms with Crippen LogP contribution in [0.15, 0.2) is 30.3 Å². The van der Waals surface area contributed by atoms with Gasteiger partial charge < -0.3 is 9.30 Å². The zero-order chi connectivity index (χ0) is 14.8. The van der Waals surface area contributed by atoms with Crippen LogP contribution in [0.1, 0.15) is 24.3 Å². The number of nitrogens with zero attached hydrogens (tertiary/aromatic N) is 4. The van der Waals surface area contributed by atoms with Crippen molar-refractivity contribution in [3.8, 4) is 5.75 Å². The average Bonchev–Trinajstić information content (AvgIpc) is 2.85. The van der Waals surface area contributed by atoms with Crippen LogP contribution < -0.4 is 4.74 Å². The van der Waals surface area contributed by atoms with E-state index in [1.165, 1.54) is 0 Å². The lowest BCUT2D eigenvalue weighted by Gasteiger charge is -2.10. The van der Waals surface area contributed by atoms with Crippen molar-refractivity contribution in [3.63, 3.8) is 0 Å². The van der Waals surface area contributed by atoms with Crippen LogP contribution in [-0.4, -0.2) is 19.7 Å². The lowest BCUT2D eigenvalue weighted by molar-refractivity contribution is 0.292. The first-order chi connectivity index (χ1) is 10.2. The second kappa shape index (κ2) is 5.52. The number of ether oxygens (including phenoxy) is 1. The van der Waals surface area contributed by atoms with Gasteiger partial charge in [-0.25, -0.2) is 4.98 Å². The van der Waals surface area contributed by atoms with E-state index in [-0.39, 0.29) is 0 Å². The van der Waals surface area contributed by atoms with E-state index in [0.29, 0.717) is 6.61 Å². The molecule has 0 aliphatic heterocycles. The molecule has 0 saturated carbocycles. The van der Waals surface area contributed by atoms with Gasteiger partial charge in [0, 0.05) is 17.6 Å². The minimum Gasteiger partial charge on any atom is -0.483 e. The van der Waals surface area contributed by atoms with Gasteiger partial charge in [0.05, 0.1) is 0 Å². The summed E-state index contributed by atoms with van der Waals surface area (Å²) in [5.41, 5.74) is 1.86. The lowest BCUT2D eigenvalue weighted by Crippen LogP contribution is -2.07. The fourth-order valence-corrected chi connectivity index (χ4v) is 2.42. The fourth-order valence-electron chi connectivity index (χ4n) is 2.42. The zero-order valence-electron chi connectivity index (χ0n) is 12.5. The van der Waals surface area contributed by atoms with Crippen LogP contribution in [0, 0.1) is 13.8 Å². The van der Waals surface area contributed by atoms with E-state index >= 15 is 0 Å². The van der Waals surface area contributed by atoms with Gasteiger partial charge in [0.15, 0.2) is 5.82 Å². The van der Waals surface area contributed by atoms with Gasteiger partial charge in [-0.2, -0.15) is 0 Å². The maximum atomic E-state index is 5.93. The summed E-state index contributed by atoms with van der Waals surface area (Å²) in [5.74, 6) is 2.52. The molecule has 0 spiro atoms. The van der Waals surface area contributed by atoms with E-state index in [4.69, 9.17) is 4.74 Å². The highest BCUT2D eigenvalue weighted by Gasteiger charge is 2.09. The molecule has 0 bridgehead atoms. The Balaban J connectivity index is 1.90. The average molecular weight is 282 g/mol. The summed E-state index contributed by atoms with van der Waals surface area (Å²) in [4.78, 5) is 4.57. The number of para-hydroxylation sites is 1. The Bertz CT molecular complexity index is 779. The molecule has 5 heteroatoms. The SMILES string of the molecule is CCn1c(C)nnc1COc1cccc2ccc(C)nc12. The van der Waals surface area contributed by atoms with Crippen LogP contribution in [0.25, 0.3) is 10.9 Å². The third-order valence-corrected chi connectivity index (χ3v) is 3.51. The number of benzene rings is 1. The molecule has 3 rings (SSSR count). The highest BCUT2D eigenvalue weighted by molar-refractivity contribution is 5.84. The topological polar surface area (TPSA) is 52.8 Å². The number of rotatable bonds is 4. The molecule has 0 radical (unpaired) electrons. The monoisotopic (exact) mass is 282 g/mol. The Morgan fingerprint density at radius 1 is 1.10 bits per heavy atom. The Hall–Kier alpha value is -2.43. The Morgan fingerprint density at radius 3 is 2.76 bits per heavy atom. The van der Waals surface area contributed by atoms with Crippen LogP contribution >= 0.6 is 0 Å². The molecule has 0 amide bonds. The highest BCUT2D eigenvalue weighted by atomic mass is 16.5. The van der Waals surface area contributed by atoms with Gasteiger partial charge in [0.25, 0.3) is 0 Å². The zero-order valence-corrected chi connectivity index (χ0v) is 12.5. The van der Waals surface area contributed by atoms with Crippen molar-refractivity contribution in [2.75, 3.05) is 0 Å². The number of hydrogen-bond donors (Lipinski definition) is 0. The molecule has 0 atom stereocenters. The molecule has 1 aromatic carbocycles. The molecule has 2 heterocycles. The summed E-state index contributed by atoms with van der Waals surface area (Å²) in [6.07, 6.45) is 0. The van der Waals surface area contributed by atoms with Crippen molar-refractivity contribution in [2.45, 2.75) is 33.9 Å². The van der Waals surface area contributed by atoms with Crippen molar-refractivity contribution in [1.29, 1.82) is 0 Å². The first kappa shape index (κ1) is 13.5. The van der Waals surface area contributed by atoms with Gasteiger partial charge >= 0.3 is 0 Å². The van der Waals surface area contributed by atoms with Crippen molar-refractivity contribution < 1.29 is 4.74 Å². The summed E-state index contributed by atoms with van der Waals surface area (Å²) in [7, 11) is 0. The van der Waals surface area contributed by atoms with Gasteiger partial charge in [0.1, 0.15) is 23.7 Å². The van der Waals surface area contributed by atoms with E-state index in [0.717, 1.165) is 40.5 Å². The third-order valence-electron chi connectivity index (χ3n) is 3.51. The summed E-state index contributed by atoms with van der Waals surface area (Å²) in [6, 6.07) is 10.0. The van der Waals surface area contributed by atoms with Crippen LogP contribution in [0.4, 0.5) is 0 Å². The van der Waals surface area contributed by atoms with Crippen LogP contribution in [-0.2, 0) is 13.2 Å². The third kappa shape index (κ3) is 2.59. The first-order valence-corrected chi connectivity index (χ1v) is 7.07. The van der Waals surface area contributed by atoms with Gasteiger partial charge in [-0.05, 0) is 32.9 Å². The molecular weight excluding hydrogens is 264 g/mol. The summed E-state index contributed by atoms with van der Waals surface area (Å²) >= 11 is 0. The molecule has 0 saturated heterocycles. The normalized spacial score (nSPS) is 11.0. The molecule has 108 valence electrons. The molecule has 0 aliphatic rings. The number of pyridine rings is 1. The molecule has 0 N–H and O–H groups in total. The Kier molecular flexibility index (Phi) is 3.56. The Labute approximate surface area is 123 Å². The molecule has 0 aliphatic carbocycles. The quantitative estimate of drug-likeness (QED) is 0.738. The van der Waals surface area contributed by atoms with E-state index in [1.54, 1.807) is 0 Å². The highest BCUT2D eigenvalue weighted by Crippen LogP contribution is 2.24. The van der Waals surface area contributed by atoms with E-state index in [1.807, 2.05) is 42.7 Å². The second-order valence-electron chi connectivity index (χ2n) is 4.98. The van der Waals surface area contributed by atoms with Crippen LogP contribution in [0.3, 0.4) is 0 Å². The molecule has 0 fully saturated rings. The van der Waals surface area contributed by atoms with Gasteiger partial charge in [-0.1, -0.05) is 18.2 Å². The number of hydrogen-bond acceptors (Lipinski definition) is 4. The van der Waals surface area contributed by atoms with E-state index < -0.39 is 0 Å². The number of fused-ring (bicyclic) bond motifs is 1. The van der Waals surface area contributed by atoms with Crippen molar-refractivity contribution in [3.05, 3.63) is 47.7 Å². The summed E-state index contributed by atoms with van der Waals surface area (Å²) in [5, 5.41) is 9.34. The molecular formula is C16H18N4O. The molecule has 2 aromatic heterocycles. The van der Waals surface area contributed by atoms with Crippen molar-refractivity contribution in [1.82, 2.24) is 19.7 Å². The van der Waals surface area contributed by atoms with Crippen molar-refractivity contribution in [2.24, 2.45) is 0 Å². The fraction of sp³-hybridized carbons (Fsp3) is 0.312. The van der Waals surface area contributed by atoms with Crippen molar-refractivity contribution >= 4 is 10.9 Å². The standard InChI is InChI=1S/C16H18N4O/c1-4-20-12(3)18-19-15(20)10-21-14-7-5-6-13-9-8-11(2)17-16(13)14/h5-9H,4,10H2,1-3H3. The van der Waals surface area contributed by atoms with Gasteiger partial charge in [0.2, 0.25) is 0 Å². The molecule has 21 heavy (non-hydrogen) atoms. The first-order valence-electron chi connectivity index (χ1n) is 7.07. The maximum Gasteiger partial charge on any atom is 0.171 e. The molecule has 3 aromatic rings. The maximum absolute atomic E-state index is 5.93. The largest absolute Gasteiger partial charge is 0.483 e. The van der Waals surface area contributed by atoms with E-state index in [9.17, 15) is 0 Å². The lowest BCUT2D eigenvalue weighted by atomic mass is 10.2. The minimum absolute atomic E-state index is 0.392. The Morgan fingerprint density at radius 2 is 1.95 bits per heavy atom. The van der Waals surface area contributed by atoms with Crippen LogP contribution in [0.2, 0.25) is 0 Å². The van der Waals surface area contributed by atoms with Crippen LogP contribution in [0.5, 0.6) is 5.75 Å². The predicted octanol–water partition coefficient (Wildman–Crippen LogP) is 3.04. The van der Waals surface area contributed by atoms with E-state index in [2.05, 4.69) is 28.2 Å². The molecule has 5 nitrogen and oxygen atoms in total. The number of aromatic nitrogens is 4. The summed E-state index contributed by atoms with van der Waals surface area (Å²) < 4.78 is 7.98. The smallest absolute Gasteiger partial charge is 0.171 e. The summed E-state index contributed by atoms with van der Waals surface area (Å²) in [6.45, 7) is 7.23. The predicted molar refractivity (Wildman–Crippen MR) is 81.2 cm³/mol.